The zero-order valence-corrected chi connectivity index (χ0v) is 17.0. The molecule has 7 nitrogen and oxygen atoms in total. The first-order chi connectivity index (χ1) is 13.8. The second-order valence-corrected chi connectivity index (χ2v) is 8.55. The lowest BCUT2D eigenvalue weighted by molar-refractivity contribution is -0.119. The zero-order valence-electron chi connectivity index (χ0n) is 15.4. The number of hydrogen-bond donors (Lipinski definition) is 2. The number of carbonyl (C=O) groups excluding carboxylic acids is 1. The van der Waals surface area contributed by atoms with Gasteiger partial charge in [0.1, 0.15) is 12.3 Å². The van der Waals surface area contributed by atoms with Crippen LogP contribution in [0.1, 0.15) is 5.56 Å². The number of benzene rings is 3. The van der Waals surface area contributed by atoms with Gasteiger partial charge in [-0.25, -0.2) is 13.8 Å². The van der Waals surface area contributed by atoms with E-state index < -0.39 is 22.5 Å². The molecular weight excluding hydrogens is 414 g/mol. The number of rotatable bonds is 6. The lowest BCUT2D eigenvalue weighted by Gasteiger charge is -2.22. The standard InChI is InChI=1S/C20H18ClN3O4S/c1-29(27,28)24(18-9-5-4-8-17(18)21)13-20(26)23-22-12-16-15-7-3-2-6-14(15)10-11-19(16)25/h2-12,25H,13H2,1H3,(H,23,26)/b22-12+. The van der Waals surface area contributed by atoms with Crippen LogP contribution in [0.5, 0.6) is 5.75 Å². The average Bonchev–Trinajstić information content (AvgIpc) is 2.68. The SMILES string of the molecule is CS(=O)(=O)N(CC(=O)N/N=C/c1c(O)ccc2ccccc12)c1ccccc1Cl. The number of phenols is 1. The van der Waals surface area contributed by atoms with Crippen LogP contribution in [0.15, 0.2) is 65.8 Å². The predicted molar refractivity (Wildman–Crippen MR) is 115 cm³/mol. The second kappa shape index (κ2) is 8.50. The summed E-state index contributed by atoms with van der Waals surface area (Å²) >= 11 is 6.07. The molecule has 1 amide bonds. The van der Waals surface area contributed by atoms with Crippen molar-refractivity contribution >= 4 is 50.2 Å². The van der Waals surface area contributed by atoms with Crippen LogP contribution in [0.2, 0.25) is 5.02 Å². The summed E-state index contributed by atoms with van der Waals surface area (Å²) in [6, 6.07) is 17.0. The van der Waals surface area contributed by atoms with Gasteiger partial charge in [0.05, 0.1) is 23.2 Å². The first kappa shape index (κ1) is 20.6. The van der Waals surface area contributed by atoms with Gasteiger partial charge < -0.3 is 5.11 Å². The van der Waals surface area contributed by atoms with Crippen molar-refractivity contribution in [3.63, 3.8) is 0 Å². The molecule has 3 rings (SSSR count). The molecule has 0 aromatic heterocycles. The smallest absolute Gasteiger partial charge is 0.260 e. The molecule has 0 heterocycles. The Hall–Kier alpha value is -3.10. The highest BCUT2D eigenvalue weighted by Crippen LogP contribution is 2.27. The van der Waals surface area contributed by atoms with Gasteiger partial charge in [0.15, 0.2) is 0 Å². The van der Waals surface area contributed by atoms with Gasteiger partial charge in [-0.05, 0) is 29.0 Å². The van der Waals surface area contributed by atoms with Crippen LogP contribution in [-0.4, -0.2) is 38.4 Å². The van der Waals surface area contributed by atoms with Crippen LogP contribution in [0, 0.1) is 0 Å². The molecule has 0 saturated heterocycles. The maximum absolute atomic E-state index is 12.3. The number of amides is 1. The van der Waals surface area contributed by atoms with E-state index in [4.69, 9.17) is 11.6 Å². The van der Waals surface area contributed by atoms with E-state index in [1.807, 2.05) is 24.3 Å². The Morgan fingerprint density at radius 3 is 2.55 bits per heavy atom. The number of hydrazone groups is 1. The second-order valence-electron chi connectivity index (χ2n) is 6.23. The Morgan fingerprint density at radius 1 is 1.14 bits per heavy atom. The third-order valence-electron chi connectivity index (χ3n) is 4.14. The molecule has 0 saturated carbocycles. The minimum absolute atomic E-state index is 0.00975. The molecule has 0 unspecified atom stereocenters. The van der Waals surface area contributed by atoms with E-state index in [0.717, 1.165) is 21.3 Å². The quantitative estimate of drug-likeness (QED) is 0.462. The Kier molecular flexibility index (Phi) is 6.05. The van der Waals surface area contributed by atoms with Gasteiger partial charge in [-0.3, -0.25) is 9.10 Å². The van der Waals surface area contributed by atoms with Crippen molar-refractivity contribution in [1.29, 1.82) is 0 Å². The summed E-state index contributed by atoms with van der Waals surface area (Å²) in [5, 5.41) is 15.8. The number of anilines is 1. The fourth-order valence-electron chi connectivity index (χ4n) is 2.79. The molecular formula is C20H18ClN3O4S. The Balaban J connectivity index is 1.79. The van der Waals surface area contributed by atoms with E-state index in [1.54, 1.807) is 18.2 Å². The highest BCUT2D eigenvalue weighted by molar-refractivity contribution is 7.92. The number of nitrogens with one attached hydrogen (secondary N) is 1. The number of fused-ring (bicyclic) bond motifs is 1. The number of phenolic OH excluding ortho intramolecular Hbond substituents is 1. The van der Waals surface area contributed by atoms with Crippen LogP contribution >= 0.6 is 11.6 Å². The molecule has 3 aromatic carbocycles. The summed E-state index contributed by atoms with van der Waals surface area (Å²) in [5.41, 5.74) is 2.92. The molecule has 29 heavy (non-hydrogen) atoms. The van der Waals surface area contributed by atoms with E-state index in [2.05, 4.69) is 10.5 Å². The summed E-state index contributed by atoms with van der Waals surface area (Å²) < 4.78 is 25.1. The molecule has 0 spiro atoms. The van der Waals surface area contributed by atoms with Gasteiger partial charge in [0.25, 0.3) is 5.91 Å². The van der Waals surface area contributed by atoms with Gasteiger partial charge in [0.2, 0.25) is 10.0 Å². The maximum atomic E-state index is 12.3. The summed E-state index contributed by atoms with van der Waals surface area (Å²) in [5.74, 6) is -0.651. The van der Waals surface area contributed by atoms with Crippen molar-refractivity contribution in [3.05, 3.63) is 71.2 Å². The summed E-state index contributed by atoms with van der Waals surface area (Å²) in [6.07, 6.45) is 2.30. The highest BCUT2D eigenvalue weighted by Gasteiger charge is 2.22. The molecule has 0 aliphatic heterocycles. The van der Waals surface area contributed by atoms with Crippen LogP contribution in [0.25, 0.3) is 10.8 Å². The Labute approximate surface area is 173 Å². The fraction of sp³-hybridized carbons (Fsp3) is 0.100. The van der Waals surface area contributed by atoms with E-state index in [0.29, 0.717) is 5.56 Å². The number of para-hydroxylation sites is 1. The molecule has 0 bridgehead atoms. The molecule has 150 valence electrons. The third-order valence-corrected chi connectivity index (χ3v) is 5.59. The van der Waals surface area contributed by atoms with Gasteiger partial charge in [-0.2, -0.15) is 5.10 Å². The monoisotopic (exact) mass is 431 g/mol. The molecule has 0 aliphatic carbocycles. The van der Waals surface area contributed by atoms with Crippen molar-refractivity contribution in [3.8, 4) is 5.75 Å². The number of aromatic hydroxyl groups is 1. The number of hydrogen-bond acceptors (Lipinski definition) is 5. The van der Waals surface area contributed by atoms with Crippen LogP contribution < -0.4 is 9.73 Å². The molecule has 3 aromatic rings. The first-order valence-electron chi connectivity index (χ1n) is 8.52. The van der Waals surface area contributed by atoms with E-state index in [1.165, 1.54) is 24.4 Å². The van der Waals surface area contributed by atoms with Gasteiger partial charge >= 0.3 is 0 Å². The largest absolute Gasteiger partial charge is 0.507 e. The van der Waals surface area contributed by atoms with Gasteiger partial charge in [-0.1, -0.05) is 54.1 Å². The van der Waals surface area contributed by atoms with E-state index in [-0.39, 0.29) is 16.5 Å². The molecule has 9 heteroatoms. The minimum Gasteiger partial charge on any atom is -0.507 e. The van der Waals surface area contributed by atoms with Gasteiger partial charge in [-0.15, -0.1) is 0 Å². The molecule has 0 atom stereocenters. The molecule has 0 aliphatic rings. The third kappa shape index (κ3) is 4.85. The highest BCUT2D eigenvalue weighted by atomic mass is 35.5. The lowest BCUT2D eigenvalue weighted by Crippen LogP contribution is -2.39. The van der Waals surface area contributed by atoms with Crippen molar-refractivity contribution in [1.82, 2.24) is 5.43 Å². The van der Waals surface area contributed by atoms with Crippen molar-refractivity contribution in [2.24, 2.45) is 5.10 Å². The lowest BCUT2D eigenvalue weighted by atomic mass is 10.0. The zero-order chi connectivity index (χ0) is 21.0. The van der Waals surface area contributed by atoms with Crippen LogP contribution in [-0.2, 0) is 14.8 Å². The van der Waals surface area contributed by atoms with E-state index >= 15 is 0 Å². The van der Waals surface area contributed by atoms with Crippen LogP contribution in [0.4, 0.5) is 5.69 Å². The topological polar surface area (TPSA) is 99.1 Å². The summed E-state index contributed by atoms with van der Waals surface area (Å²) in [4.78, 5) is 12.3. The average molecular weight is 432 g/mol. The minimum atomic E-state index is -3.75. The van der Waals surface area contributed by atoms with Gasteiger partial charge in [0, 0.05) is 5.56 Å². The normalized spacial score (nSPS) is 11.7. The summed E-state index contributed by atoms with van der Waals surface area (Å²) in [7, 11) is -3.75. The Morgan fingerprint density at radius 2 is 1.83 bits per heavy atom. The summed E-state index contributed by atoms with van der Waals surface area (Å²) in [6.45, 7) is -0.499. The van der Waals surface area contributed by atoms with Crippen LogP contribution in [0.3, 0.4) is 0 Å². The Bertz CT molecular complexity index is 1200. The number of halogens is 1. The van der Waals surface area contributed by atoms with Crippen molar-refractivity contribution in [2.75, 3.05) is 17.1 Å². The molecule has 2 N–H and O–H groups in total. The fourth-order valence-corrected chi connectivity index (χ4v) is 3.95. The predicted octanol–water partition coefficient (Wildman–Crippen LogP) is 3.12. The van der Waals surface area contributed by atoms with Crippen molar-refractivity contribution in [2.45, 2.75) is 0 Å². The molecule has 0 radical (unpaired) electrons. The maximum Gasteiger partial charge on any atom is 0.260 e. The van der Waals surface area contributed by atoms with Crippen molar-refractivity contribution < 1.29 is 18.3 Å². The number of nitrogens with zero attached hydrogens (tertiary/aromatic N) is 2. The number of sulfonamides is 1. The van der Waals surface area contributed by atoms with E-state index in [9.17, 15) is 18.3 Å². The first-order valence-corrected chi connectivity index (χ1v) is 10.7. The molecule has 0 fully saturated rings. The number of carbonyl (C=O) groups is 1.